The number of hydrogen-bond acceptors (Lipinski definition) is 4. The van der Waals surface area contributed by atoms with E-state index in [0.29, 0.717) is 18.7 Å². The molecule has 3 N–H and O–H groups in total. The minimum atomic E-state index is -1.01. The van der Waals surface area contributed by atoms with Gasteiger partial charge in [-0.05, 0) is 6.07 Å². The Morgan fingerprint density at radius 2 is 2.44 bits per heavy atom. The largest absolute Gasteiger partial charge is 0.478 e. The molecule has 1 amide bonds. The number of anilines is 1. The van der Waals surface area contributed by atoms with Gasteiger partial charge in [0.05, 0.1) is 23.5 Å². The molecule has 0 saturated carbocycles. The van der Waals surface area contributed by atoms with Crippen LogP contribution in [0.15, 0.2) is 18.5 Å². The molecular formula is C10H11N3O3. The first-order valence-corrected chi connectivity index (χ1v) is 4.87. The van der Waals surface area contributed by atoms with Crippen molar-refractivity contribution >= 4 is 17.6 Å². The summed E-state index contributed by atoms with van der Waals surface area (Å²) < 4.78 is 0. The van der Waals surface area contributed by atoms with Gasteiger partial charge in [-0.2, -0.15) is 0 Å². The summed E-state index contributed by atoms with van der Waals surface area (Å²) in [6.45, 7) is 0.507. The van der Waals surface area contributed by atoms with Gasteiger partial charge in [-0.3, -0.25) is 9.78 Å². The molecule has 2 rings (SSSR count). The van der Waals surface area contributed by atoms with E-state index in [1.807, 2.05) is 0 Å². The molecule has 0 radical (unpaired) electrons. The molecule has 2 heterocycles. The Morgan fingerprint density at radius 1 is 1.62 bits per heavy atom. The Morgan fingerprint density at radius 3 is 3.06 bits per heavy atom. The number of nitrogens with zero attached hydrogens (tertiary/aromatic N) is 1. The van der Waals surface area contributed by atoms with Gasteiger partial charge in [0, 0.05) is 19.2 Å². The molecule has 6 nitrogen and oxygen atoms in total. The van der Waals surface area contributed by atoms with Crippen molar-refractivity contribution < 1.29 is 14.7 Å². The second kappa shape index (κ2) is 4.18. The first-order chi connectivity index (χ1) is 7.66. The highest BCUT2D eigenvalue weighted by Gasteiger charge is 2.22. The quantitative estimate of drug-likeness (QED) is 0.672. The minimum Gasteiger partial charge on any atom is -0.478 e. The lowest BCUT2D eigenvalue weighted by molar-refractivity contribution is -0.119. The summed E-state index contributed by atoms with van der Waals surface area (Å²) in [5.74, 6) is -1.04. The van der Waals surface area contributed by atoms with Gasteiger partial charge < -0.3 is 15.7 Å². The maximum atomic E-state index is 11.0. The van der Waals surface area contributed by atoms with Gasteiger partial charge in [0.15, 0.2) is 0 Å². The van der Waals surface area contributed by atoms with Crippen LogP contribution < -0.4 is 10.6 Å². The molecule has 0 aromatic carbocycles. The van der Waals surface area contributed by atoms with Gasteiger partial charge in [-0.1, -0.05) is 0 Å². The Balaban J connectivity index is 2.14. The van der Waals surface area contributed by atoms with E-state index in [1.165, 1.54) is 18.5 Å². The van der Waals surface area contributed by atoms with Crippen molar-refractivity contribution in [2.24, 2.45) is 0 Å². The predicted molar refractivity (Wildman–Crippen MR) is 56.2 cm³/mol. The molecule has 0 spiro atoms. The third kappa shape index (κ3) is 2.10. The monoisotopic (exact) mass is 221 g/mol. The standard InChI is InChI=1S/C10H11N3O3/c14-9-3-6(4-12-9)13-8-5-11-2-1-7(8)10(15)16/h1-2,5-6,13H,3-4H2,(H,12,14)(H,15,16). The Labute approximate surface area is 91.7 Å². The SMILES string of the molecule is O=C1CC(Nc2cnccc2C(=O)O)CN1. The van der Waals surface area contributed by atoms with Gasteiger partial charge in [0.1, 0.15) is 0 Å². The molecule has 0 aliphatic carbocycles. The highest BCUT2D eigenvalue weighted by Crippen LogP contribution is 2.16. The summed E-state index contributed by atoms with van der Waals surface area (Å²) >= 11 is 0. The molecule has 0 bridgehead atoms. The number of nitrogens with one attached hydrogen (secondary N) is 2. The summed E-state index contributed by atoms with van der Waals surface area (Å²) in [5, 5.41) is 14.6. The van der Waals surface area contributed by atoms with Crippen molar-refractivity contribution in [1.82, 2.24) is 10.3 Å². The van der Waals surface area contributed by atoms with Crippen LogP contribution in [-0.4, -0.2) is 34.6 Å². The van der Waals surface area contributed by atoms with Crippen molar-refractivity contribution in [3.05, 3.63) is 24.0 Å². The first kappa shape index (κ1) is 10.4. The third-order valence-electron chi connectivity index (χ3n) is 2.39. The van der Waals surface area contributed by atoms with Gasteiger partial charge in [-0.25, -0.2) is 4.79 Å². The number of carbonyl (C=O) groups excluding carboxylic acids is 1. The van der Waals surface area contributed by atoms with Crippen LogP contribution in [0.1, 0.15) is 16.8 Å². The van der Waals surface area contributed by atoms with Crippen LogP contribution in [0.3, 0.4) is 0 Å². The summed E-state index contributed by atoms with van der Waals surface area (Å²) in [6.07, 6.45) is 3.23. The van der Waals surface area contributed by atoms with E-state index in [-0.39, 0.29) is 17.5 Å². The molecule has 1 aliphatic heterocycles. The number of rotatable bonds is 3. The fourth-order valence-electron chi connectivity index (χ4n) is 1.62. The molecule has 1 aliphatic rings. The fourth-order valence-corrected chi connectivity index (χ4v) is 1.62. The van der Waals surface area contributed by atoms with Crippen LogP contribution in [0.4, 0.5) is 5.69 Å². The molecule has 1 unspecified atom stereocenters. The topological polar surface area (TPSA) is 91.3 Å². The van der Waals surface area contributed by atoms with E-state index in [0.717, 1.165) is 0 Å². The average Bonchev–Trinajstić information content (AvgIpc) is 2.64. The normalized spacial score (nSPS) is 19.2. The van der Waals surface area contributed by atoms with E-state index in [1.54, 1.807) is 0 Å². The number of amides is 1. The summed E-state index contributed by atoms with van der Waals surface area (Å²) in [6, 6.07) is 1.35. The number of aromatic carboxylic acids is 1. The zero-order chi connectivity index (χ0) is 11.5. The lowest BCUT2D eigenvalue weighted by atomic mass is 10.2. The van der Waals surface area contributed by atoms with Crippen molar-refractivity contribution in [3.8, 4) is 0 Å². The molecule has 1 aromatic rings. The maximum absolute atomic E-state index is 11.0. The lowest BCUT2D eigenvalue weighted by Crippen LogP contribution is -2.23. The summed E-state index contributed by atoms with van der Waals surface area (Å²) in [5.41, 5.74) is 0.603. The van der Waals surface area contributed by atoms with Crippen LogP contribution in [0.2, 0.25) is 0 Å². The predicted octanol–water partition coefficient (Wildman–Crippen LogP) is 0.0802. The van der Waals surface area contributed by atoms with E-state index >= 15 is 0 Å². The molecule has 84 valence electrons. The number of carboxylic acid groups (broad SMARTS) is 1. The highest BCUT2D eigenvalue weighted by molar-refractivity contribution is 5.94. The van der Waals surface area contributed by atoms with Crippen LogP contribution >= 0.6 is 0 Å². The average molecular weight is 221 g/mol. The maximum Gasteiger partial charge on any atom is 0.337 e. The third-order valence-corrected chi connectivity index (χ3v) is 2.39. The molecule has 1 fully saturated rings. The van der Waals surface area contributed by atoms with Gasteiger partial charge in [0.25, 0.3) is 0 Å². The Hall–Kier alpha value is -2.11. The molecule has 1 saturated heterocycles. The highest BCUT2D eigenvalue weighted by atomic mass is 16.4. The molecule has 16 heavy (non-hydrogen) atoms. The number of carboxylic acids is 1. The van der Waals surface area contributed by atoms with Crippen molar-refractivity contribution in [3.63, 3.8) is 0 Å². The van der Waals surface area contributed by atoms with Gasteiger partial charge in [-0.15, -0.1) is 0 Å². The number of hydrogen-bond donors (Lipinski definition) is 3. The fraction of sp³-hybridized carbons (Fsp3) is 0.300. The van der Waals surface area contributed by atoms with Crippen LogP contribution in [0.25, 0.3) is 0 Å². The van der Waals surface area contributed by atoms with Crippen LogP contribution in [0.5, 0.6) is 0 Å². The molecule has 6 heteroatoms. The van der Waals surface area contributed by atoms with E-state index in [4.69, 9.17) is 5.11 Å². The van der Waals surface area contributed by atoms with Crippen molar-refractivity contribution in [1.29, 1.82) is 0 Å². The van der Waals surface area contributed by atoms with E-state index in [9.17, 15) is 9.59 Å². The van der Waals surface area contributed by atoms with Gasteiger partial charge in [0.2, 0.25) is 5.91 Å². The first-order valence-electron chi connectivity index (χ1n) is 4.87. The van der Waals surface area contributed by atoms with E-state index < -0.39 is 5.97 Å². The zero-order valence-corrected chi connectivity index (χ0v) is 8.43. The lowest BCUT2D eigenvalue weighted by Gasteiger charge is -2.13. The number of pyridine rings is 1. The summed E-state index contributed by atoms with van der Waals surface area (Å²) in [7, 11) is 0. The molecular weight excluding hydrogens is 210 g/mol. The number of aromatic nitrogens is 1. The number of carbonyl (C=O) groups is 2. The molecule has 1 aromatic heterocycles. The van der Waals surface area contributed by atoms with Crippen molar-refractivity contribution in [2.45, 2.75) is 12.5 Å². The van der Waals surface area contributed by atoms with E-state index in [2.05, 4.69) is 15.6 Å². The second-order valence-electron chi connectivity index (χ2n) is 3.58. The minimum absolute atomic E-state index is 0.0294. The van der Waals surface area contributed by atoms with Crippen LogP contribution in [-0.2, 0) is 4.79 Å². The van der Waals surface area contributed by atoms with Gasteiger partial charge >= 0.3 is 5.97 Å². The van der Waals surface area contributed by atoms with Crippen molar-refractivity contribution in [2.75, 3.05) is 11.9 Å². The van der Waals surface area contributed by atoms with Crippen LogP contribution in [0, 0.1) is 0 Å². The second-order valence-corrected chi connectivity index (χ2v) is 3.58. The Kier molecular flexibility index (Phi) is 2.72. The summed E-state index contributed by atoms with van der Waals surface area (Å²) in [4.78, 5) is 25.7. The Bertz CT molecular complexity index is 433. The molecule has 1 atom stereocenters. The smallest absolute Gasteiger partial charge is 0.337 e. The zero-order valence-electron chi connectivity index (χ0n) is 8.43.